The molecule has 1 aliphatic carbocycles. The first-order valence-corrected chi connectivity index (χ1v) is 7.09. The molecule has 1 amide bonds. The number of furan rings is 1. The Morgan fingerprint density at radius 1 is 1.45 bits per heavy atom. The van der Waals surface area contributed by atoms with Crippen LogP contribution >= 0.6 is 0 Å². The van der Waals surface area contributed by atoms with E-state index in [1.54, 1.807) is 12.3 Å². The molecule has 2 aromatic rings. The predicted octanol–water partition coefficient (Wildman–Crippen LogP) is 3.06. The summed E-state index contributed by atoms with van der Waals surface area (Å²) in [7, 11) is 0. The molecule has 4 heteroatoms. The smallest absolute Gasteiger partial charge is 0.261 e. The zero-order valence-corrected chi connectivity index (χ0v) is 11.4. The van der Waals surface area contributed by atoms with Gasteiger partial charge in [0.05, 0.1) is 23.2 Å². The van der Waals surface area contributed by atoms with Gasteiger partial charge >= 0.3 is 0 Å². The number of aromatic nitrogens is 1. The van der Waals surface area contributed by atoms with E-state index in [4.69, 9.17) is 4.42 Å². The van der Waals surface area contributed by atoms with Crippen molar-refractivity contribution in [2.24, 2.45) is 0 Å². The van der Waals surface area contributed by atoms with E-state index in [1.807, 2.05) is 24.1 Å². The topological polar surface area (TPSA) is 46.3 Å². The minimum absolute atomic E-state index is 0.0480. The molecule has 1 saturated carbocycles. The number of carbonyl (C=O) groups excluding carboxylic acids is 1. The minimum Gasteiger partial charge on any atom is -0.468 e. The van der Waals surface area contributed by atoms with Gasteiger partial charge in [0.2, 0.25) is 0 Å². The van der Waals surface area contributed by atoms with Crippen molar-refractivity contribution in [2.75, 3.05) is 11.4 Å². The van der Waals surface area contributed by atoms with Crippen molar-refractivity contribution in [1.29, 1.82) is 0 Å². The van der Waals surface area contributed by atoms with Gasteiger partial charge in [-0.2, -0.15) is 0 Å². The molecule has 0 spiro atoms. The van der Waals surface area contributed by atoms with Crippen LogP contribution in [0.5, 0.6) is 0 Å². The number of fused-ring (bicyclic) bond motifs is 1. The van der Waals surface area contributed by atoms with Crippen LogP contribution in [0.3, 0.4) is 0 Å². The van der Waals surface area contributed by atoms with Crippen molar-refractivity contribution in [1.82, 2.24) is 4.98 Å². The lowest BCUT2D eigenvalue weighted by Crippen LogP contribution is -2.29. The Morgan fingerprint density at radius 3 is 3.10 bits per heavy atom. The third-order valence-electron chi connectivity index (χ3n) is 4.07. The van der Waals surface area contributed by atoms with Gasteiger partial charge in [0, 0.05) is 25.1 Å². The number of amides is 1. The van der Waals surface area contributed by atoms with Crippen LogP contribution in [0.4, 0.5) is 5.69 Å². The number of rotatable bonds is 2. The summed E-state index contributed by atoms with van der Waals surface area (Å²) < 4.78 is 5.52. The Kier molecular flexibility index (Phi) is 2.46. The van der Waals surface area contributed by atoms with E-state index >= 15 is 0 Å². The van der Waals surface area contributed by atoms with Gasteiger partial charge in [-0.15, -0.1) is 0 Å². The first-order valence-electron chi connectivity index (χ1n) is 7.09. The maximum absolute atomic E-state index is 12.8. The fourth-order valence-electron chi connectivity index (χ4n) is 2.86. The Bertz CT molecular complexity index is 686. The Labute approximate surface area is 117 Å². The standard InChI is InChI=1S/C16H16N2O2/c1-10-8-14-13(17-9-10)4-6-18(14)16(19)12-5-7-20-15(12)11-2-3-11/h5,7-9,11H,2-4,6H2,1H3. The number of hydrogen-bond acceptors (Lipinski definition) is 3. The molecule has 0 aromatic carbocycles. The summed E-state index contributed by atoms with van der Waals surface area (Å²) in [6.45, 7) is 2.71. The molecule has 0 bridgehead atoms. The summed E-state index contributed by atoms with van der Waals surface area (Å²) in [5.74, 6) is 1.36. The second-order valence-electron chi connectivity index (χ2n) is 5.66. The van der Waals surface area contributed by atoms with Crippen molar-refractivity contribution < 1.29 is 9.21 Å². The minimum atomic E-state index is 0.0480. The SMILES string of the molecule is Cc1cnc2c(c1)N(C(=O)c1ccoc1C1CC1)CC2. The number of pyridine rings is 1. The van der Waals surface area contributed by atoms with Gasteiger partial charge in [0.15, 0.2) is 0 Å². The predicted molar refractivity (Wildman–Crippen MR) is 75.0 cm³/mol. The molecule has 2 aromatic heterocycles. The summed E-state index contributed by atoms with van der Waals surface area (Å²) in [5, 5.41) is 0. The lowest BCUT2D eigenvalue weighted by atomic mass is 10.1. The fourth-order valence-corrected chi connectivity index (χ4v) is 2.86. The molecular formula is C16H16N2O2. The molecule has 4 rings (SSSR count). The highest BCUT2D eigenvalue weighted by Gasteiger charge is 2.34. The van der Waals surface area contributed by atoms with E-state index in [-0.39, 0.29) is 5.91 Å². The van der Waals surface area contributed by atoms with Gasteiger partial charge in [0.25, 0.3) is 5.91 Å². The number of carbonyl (C=O) groups is 1. The third-order valence-corrected chi connectivity index (χ3v) is 4.07. The van der Waals surface area contributed by atoms with Crippen LogP contribution < -0.4 is 4.90 Å². The molecule has 1 aliphatic heterocycles. The van der Waals surface area contributed by atoms with Crippen LogP contribution in [-0.2, 0) is 6.42 Å². The van der Waals surface area contributed by atoms with E-state index < -0.39 is 0 Å². The molecule has 4 nitrogen and oxygen atoms in total. The zero-order chi connectivity index (χ0) is 13.7. The zero-order valence-electron chi connectivity index (χ0n) is 11.4. The van der Waals surface area contributed by atoms with Crippen LogP contribution in [0.2, 0.25) is 0 Å². The molecule has 3 heterocycles. The van der Waals surface area contributed by atoms with Crippen LogP contribution in [0.15, 0.2) is 29.0 Å². The second-order valence-corrected chi connectivity index (χ2v) is 5.66. The maximum Gasteiger partial charge on any atom is 0.261 e. The van der Waals surface area contributed by atoms with Crippen molar-refractivity contribution in [3.63, 3.8) is 0 Å². The molecule has 0 saturated heterocycles. The molecule has 20 heavy (non-hydrogen) atoms. The summed E-state index contributed by atoms with van der Waals surface area (Å²) >= 11 is 0. The highest BCUT2D eigenvalue weighted by atomic mass is 16.3. The van der Waals surface area contributed by atoms with Crippen molar-refractivity contribution in [3.8, 4) is 0 Å². The van der Waals surface area contributed by atoms with Gasteiger partial charge in [-0.1, -0.05) is 0 Å². The molecule has 0 N–H and O–H groups in total. The number of aryl methyl sites for hydroxylation is 1. The number of hydrogen-bond donors (Lipinski definition) is 0. The third kappa shape index (κ3) is 1.75. The Morgan fingerprint density at radius 2 is 2.30 bits per heavy atom. The van der Waals surface area contributed by atoms with E-state index in [1.165, 1.54) is 0 Å². The normalized spacial score (nSPS) is 17.4. The van der Waals surface area contributed by atoms with E-state index in [9.17, 15) is 4.79 Å². The molecular weight excluding hydrogens is 252 g/mol. The first-order chi connectivity index (χ1) is 9.74. The fraction of sp³-hybridized carbons (Fsp3) is 0.375. The quantitative estimate of drug-likeness (QED) is 0.841. The molecule has 1 fully saturated rings. The van der Waals surface area contributed by atoms with Crippen LogP contribution in [0.1, 0.15) is 46.1 Å². The number of anilines is 1. The van der Waals surface area contributed by atoms with Crippen molar-refractivity contribution in [3.05, 3.63) is 47.2 Å². The van der Waals surface area contributed by atoms with Gasteiger partial charge in [-0.3, -0.25) is 9.78 Å². The summed E-state index contributed by atoms with van der Waals surface area (Å²) in [6, 6.07) is 3.85. The van der Waals surface area contributed by atoms with Gasteiger partial charge < -0.3 is 9.32 Å². The van der Waals surface area contributed by atoms with Gasteiger partial charge in [-0.05, 0) is 37.5 Å². The first kappa shape index (κ1) is 11.7. The van der Waals surface area contributed by atoms with Crippen LogP contribution in [0, 0.1) is 6.92 Å². The second kappa shape index (κ2) is 4.20. The molecule has 2 aliphatic rings. The summed E-state index contributed by atoms with van der Waals surface area (Å²) in [4.78, 5) is 19.0. The van der Waals surface area contributed by atoms with Crippen molar-refractivity contribution >= 4 is 11.6 Å². The molecule has 0 atom stereocenters. The van der Waals surface area contributed by atoms with Crippen LogP contribution in [0.25, 0.3) is 0 Å². The molecule has 0 unspecified atom stereocenters. The monoisotopic (exact) mass is 268 g/mol. The molecule has 102 valence electrons. The van der Waals surface area contributed by atoms with E-state index in [0.717, 1.165) is 47.5 Å². The van der Waals surface area contributed by atoms with Gasteiger partial charge in [0.1, 0.15) is 5.76 Å². The highest BCUT2D eigenvalue weighted by Crippen LogP contribution is 2.42. The van der Waals surface area contributed by atoms with Crippen molar-refractivity contribution in [2.45, 2.75) is 32.1 Å². The largest absolute Gasteiger partial charge is 0.468 e. The Hall–Kier alpha value is -2.10. The average Bonchev–Trinajstić information content (AvgIpc) is 3.02. The highest BCUT2D eigenvalue weighted by molar-refractivity contribution is 6.07. The molecule has 0 radical (unpaired) electrons. The maximum atomic E-state index is 12.8. The lowest BCUT2D eigenvalue weighted by Gasteiger charge is -2.17. The van der Waals surface area contributed by atoms with Crippen LogP contribution in [-0.4, -0.2) is 17.4 Å². The Balaban J connectivity index is 1.70. The van der Waals surface area contributed by atoms with E-state index in [2.05, 4.69) is 4.98 Å². The van der Waals surface area contributed by atoms with Gasteiger partial charge in [-0.25, -0.2) is 0 Å². The average molecular weight is 268 g/mol. The van der Waals surface area contributed by atoms with E-state index in [0.29, 0.717) is 12.5 Å². The summed E-state index contributed by atoms with van der Waals surface area (Å²) in [5.41, 5.74) is 3.78. The summed E-state index contributed by atoms with van der Waals surface area (Å²) in [6.07, 6.45) is 6.58. The lowest BCUT2D eigenvalue weighted by molar-refractivity contribution is 0.0987. The number of nitrogens with zero attached hydrogens (tertiary/aromatic N) is 2.